The number of hydrogen-bond acceptors (Lipinski definition) is 3. The Balaban J connectivity index is 2.96. The summed E-state index contributed by atoms with van der Waals surface area (Å²) < 4.78 is 0. The van der Waals surface area contributed by atoms with Crippen LogP contribution in [0.4, 0.5) is 0 Å². The van der Waals surface area contributed by atoms with Crippen molar-refractivity contribution < 1.29 is 9.90 Å². The van der Waals surface area contributed by atoms with Crippen LogP contribution in [0.5, 0.6) is 0 Å². The van der Waals surface area contributed by atoms with Crippen molar-refractivity contribution in [3.8, 4) is 0 Å². The maximum Gasteiger partial charge on any atom is 0.314 e. The predicted octanol–water partition coefficient (Wildman–Crippen LogP) is 1.30. The second-order valence-corrected chi connectivity index (χ2v) is 3.17. The number of aromatic nitrogens is 2. The van der Waals surface area contributed by atoms with E-state index >= 15 is 0 Å². The van der Waals surface area contributed by atoms with Gasteiger partial charge in [0.15, 0.2) is 0 Å². The van der Waals surface area contributed by atoms with Crippen LogP contribution in [0.2, 0.25) is 0 Å². The van der Waals surface area contributed by atoms with Gasteiger partial charge in [0.25, 0.3) is 0 Å². The van der Waals surface area contributed by atoms with Gasteiger partial charge in [-0.3, -0.25) is 4.79 Å². The number of carboxylic acids is 1. The number of rotatable bonds is 3. The minimum atomic E-state index is -0.874. The lowest BCUT2D eigenvalue weighted by Gasteiger charge is -2.13. The molecule has 1 N–H and O–H groups in total. The van der Waals surface area contributed by atoms with Crippen molar-refractivity contribution in [3.05, 3.63) is 24.3 Å². The van der Waals surface area contributed by atoms with E-state index in [1.807, 2.05) is 13.8 Å². The van der Waals surface area contributed by atoms with Crippen molar-refractivity contribution in [2.75, 3.05) is 0 Å². The third kappa shape index (κ3) is 2.24. The Labute approximate surface area is 76.7 Å². The summed E-state index contributed by atoms with van der Waals surface area (Å²) in [6, 6.07) is 1.67. The van der Waals surface area contributed by atoms with Gasteiger partial charge in [0.1, 0.15) is 11.7 Å². The van der Waals surface area contributed by atoms with E-state index in [0.29, 0.717) is 5.82 Å². The number of carboxylic acid groups (broad SMARTS) is 1. The van der Waals surface area contributed by atoms with Gasteiger partial charge in [-0.2, -0.15) is 0 Å². The highest BCUT2D eigenvalue weighted by Gasteiger charge is 2.25. The molecule has 0 aliphatic heterocycles. The molecular formula is C9H12N2O2. The highest BCUT2D eigenvalue weighted by atomic mass is 16.4. The van der Waals surface area contributed by atoms with Crippen molar-refractivity contribution in [2.24, 2.45) is 5.92 Å². The monoisotopic (exact) mass is 180 g/mol. The first kappa shape index (κ1) is 9.64. The quantitative estimate of drug-likeness (QED) is 0.761. The van der Waals surface area contributed by atoms with E-state index in [9.17, 15) is 4.79 Å². The topological polar surface area (TPSA) is 63.1 Å². The molecule has 1 aromatic rings. The van der Waals surface area contributed by atoms with Crippen LogP contribution >= 0.6 is 0 Å². The Morgan fingerprint density at radius 1 is 1.38 bits per heavy atom. The highest BCUT2D eigenvalue weighted by Crippen LogP contribution is 2.20. The molecule has 0 aromatic carbocycles. The summed E-state index contributed by atoms with van der Waals surface area (Å²) in [6.07, 6.45) is 3.11. The molecule has 1 heterocycles. The smallest absolute Gasteiger partial charge is 0.314 e. The van der Waals surface area contributed by atoms with E-state index < -0.39 is 11.9 Å². The molecule has 1 aromatic heterocycles. The molecule has 0 amide bonds. The van der Waals surface area contributed by atoms with Crippen LogP contribution in [0.3, 0.4) is 0 Å². The normalized spacial score (nSPS) is 12.8. The molecule has 4 heteroatoms. The van der Waals surface area contributed by atoms with Crippen molar-refractivity contribution >= 4 is 5.97 Å². The van der Waals surface area contributed by atoms with Gasteiger partial charge >= 0.3 is 5.97 Å². The van der Waals surface area contributed by atoms with Crippen LogP contribution in [0, 0.1) is 5.92 Å². The third-order valence-corrected chi connectivity index (χ3v) is 1.80. The lowest BCUT2D eigenvalue weighted by Crippen LogP contribution is -2.19. The maximum absolute atomic E-state index is 10.9. The van der Waals surface area contributed by atoms with Crippen LogP contribution < -0.4 is 0 Å². The number of carbonyl (C=O) groups is 1. The van der Waals surface area contributed by atoms with Gasteiger partial charge in [-0.25, -0.2) is 9.97 Å². The summed E-state index contributed by atoms with van der Waals surface area (Å²) in [5, 5.41) is 8.92. The molecule has 0 radical (unpaired) electrons. The highest BCUT2D eigenvalue weighted by molar-refractivity contribution is 5.75. The van der Waals surface area contributed by atoms with E-state index in [1.54, 1.807) is 18.5 Å². The average molecular weight is 180 g/mol. The molecule has 0 saturated carbocycles. The molecular weight excluding hydrogens is 168 g/mol. The summed E-state index contributed by atoms with van der Waals surface area (Å²) in [7, 11) is 0. The Morgan fingerprint density at radius 3 is 2.31 bits per heavy atom. The van der Waals surface area contributed by atoms with E-state index in [1.165, 1.54) is 0 Å². The zero-order valence-corrected chi connectivity index (χ0v) is 7.64. The maximum atomic E-state index is 10.9. The van der Waals surface area contributed by atoms with Crippen LogP contribution in [-0.2, 0) is 4.79 Å². The number of hydrogen-bond donors (Lipinski definition) is 1. The van der Waals surface area contributed by atoms with E-state index in [4.69, 9.17) is 5.11 Å². The van der Waals surface area contributed by atoms with Crippen LogP contribution in [-0.4, -0.2) is 21.0 Å². The van der Waals surface area contributed by atoms with Crippen molar-refractivity contribution in [1.29, 1.82) is 0 Å². The SMILES string of the molecule is CC(C)C(C(=O)O)c1ncccn1. The lowest BCUT2D eigenvalue weighted by molar-refractivity contribution is -0.140. The molecule has 0 aliphatic carbocycles. The standard InChI is InChI=1S/C9H12N2O2/c1-6(2)7(9(12)13)8-10-4-3-5-11-8/h3-7H,1-2H3,(H,12,13). The van der Waals surface area contributed by atoms with E-state index in [2.05, 4.69) is 9.97 Å². The molecule has 0 fully saturated rings. The minimum Gasteiger partial charge on any atom is -0.481 e. The lowest BCUT2D eigenvalue weighted by atomic mass is 9.95. The summed E-state index contributed by atoms with van der Waals surface area (Å²) >= 11 is 0. The van der Waals surface area contributed by atoms with Crippen molar-refractivity contribution in [1.82, 2.24) is 9.97 Å². The zero-order valence-electron chi connectivity index (χ0n) is 7.64. The predicted molar refractivity (Wildman–Crippen MR) is 47.2 cm³/mol. The van der Waals surface area contributed by atoms with Crippen LogP contribution in [0.1, 0.15) is 25.6 Å². The second kappa shape index (κ2) is 3.98. The first-order chi connectivity index (χ1) is 6.13. The van der Waals surface area contributed by atoms with Gasteiger partial charge in [-0.15, -0.1) is 0 Å². The second-order valence-electron chi connectivity index (χ2n) is 3.17. The summed E-state index contributed by atoms with van der Waals surface area (Å²) in [6.45, 7) is 3.68. The fourth-order valence-corrected chi connectivity index (χ4v) is 1.16. The molecule has 1 atom stereocenters. The Hall–Kier alpha value is -1.45. The van der Waals surface area contributed by atoms with Crippen LogP contribution in [0.25, 0.3) is 0 Å². The van der Waals surface area contributed by atoms with E-state index in [0.717, 1.165) is 0 Å². The van der Waals surface area contributed by atoms with Gasteiger partial charge in [-0.1, -0.05) is 13.8 Å². The van der Waals surface area contributed by atoms with Gasteiger partial charge < -0.3 is 5.11 Å². The summed E-state index contributed by atoms with van der Waals surface area (Å²) in [5.41, 5.74) is 0. The zero-order chi connectivity index (χ0) is 9.84. The largest absolute Gasteiger partial charge is 0.481 e. The molecule has 0 bridgehead atoms. The Kier molecular flexibility index (Phi) is 2.95. The average Bonchev–Trinajstić information content (AvgIpc) is 2.04. The van der Waals surface area contributed by atoms with Crippen LogP contribution in [0.15, 0.2) is 18.5 Å². The third-order valence-electron chi connectivity index (χ3n) is 1.80. The first-order valence-electron chi connectivity index (χ1n) is 4.12. The van der Waals surface area contributed by atoms with Gasteiger partial charge in [0.2, 0.25) is 0 Å². The molecule has 1 unspecified atom stereocenters. The number of aliphatic carboxylic acids is 1. The molecule has 4 nitrogen and oxygen atoms in total. The van der Waals surface area contributed by atoms with E-state index in [-0.39, 0.29) is 5.92 Å². The van der Waals surface area contributed by atoms with Crippen molar-refractivity contribution in [2.45, 2.75) is 19.8 Å². The molecule has 13 heavy (non-hydrogen) atoms. The van der Waals surface area contributed by atoms with Gasteiger partial charge in [0.05, 0.1) is 0 Å². The number of nitrogens with zero attached hydrogens (tertiary/aromatic N) is 2. The summed E-state index contributed by atoms with van der Waals surface area (Å²) in [5.74, 6) is -1.10. The molecule has 70 valence electrons. The minimum absolute atomic E-state index is 0.0000926. The van der Waals surface area contributed by atoms with Gasteiger partial charge in [0, 0.05) is 12.4 Å². The molecule has 1 rings (SSSR count). The fraction of sp³-hybridized carbons (Fsp3) is 0.444. The summed E-state index contributed by atoms with van der Waals surface area (Å²) in [4.78, 5) is 18.7. The first-order valence-corrected chi connectivity index (χ1v) is 4.12. The Bertz CT molecular complexity index is 285. The van der Waals surface area contributed by atoms with Crippen molar-refractivity contribution in [3.63, 3.8) is 0 Å². The van der Waals surface area contributed by atoms with Gasteiger partial charge in [-0.05, 0) is 12.0 Å². The fourth-order valence-electron chi connectivity index (χ4n) is 1.16. The molecule has 0 saturated heterocycles. The Morgan fingerprint density at radius 2 is 1.92 bits per heavy atom. The molecule has 0 aliphatic rings. The molecule has 0 spiro atoms.